The molecule has 0 aliphatic carbocycles. The van der Waals surface area contributed by atoms with Gasteiger partial charge in [0.15, 0.2) is 6.29 Å². The van der Waals surface area contributed by atoms with Crippen molar-refractivity contribution in [3.05, 3.63) is 24.3 Å². The van der Waals surface area contributed by atoms with Gasteiger partial charge in [-0.1, -0.05) is 346 Å². The first-order valence-corrected chi connectivity index (χ1v) is 38.6. The summed E-state index contributed by atoms with van der Waals surface area (Å²) < 4.78 is 16.7. The number of aliphatic hydroxyl groups is 5. The van der Waals surface area contributed by atoms with Crippen LogP contribution in [0.25, 0.3) is 0 Å². The molecule has 0 radical (unpaired) electrons. The van der Waals surface area contributed by atoms with E-state index in [0.29, 0.717) is 19.4 Å². The molecule has 0 saturated carbocycles. The van der Waals surface area contributed by atoms with Gasteiger partial charge in [-0.05, 0) is 57.8 Å². The van der Waals surface area contributed by atoms with Crippen LogP contribution in [0, 0.1) is 0 Å². The summed E-state index contributed by atoms with van der Waals surface area (Å²) in [6.07, 6.45) is 75.1. The molecule has 1 amide bonds. The molecule has 11 nitrogen and oxygen atoms in total. The monoisotopic (exact) mass is 1250 g/mol. The van der Waals surface area contributed by atoms with E-state index in [1.165, 1.54) is 308 Å². The number of allylic oxidation sites excluding steroid dienone is 3. The van der Waals surface area contributed by atoms with Crippen molar-refractivity contribution in [2.24, 2.45) is 0 Å². The Balaban J connectivity index is 1.85. The number of rotatable bonds is 69. The minimum Gasteiger partial charge on any atom is -0.466 e. The molecule has 1 rings (SSSR count). The van der Waals surface area contributed by atoms with Crippen LogP contribution in [0.3, 0.4) is 0 Å². The number of amides is 1. The maximum atomic E-state index is 13.0. The van der Waals surface area contributed by atoms with E-state index in [1.54, 1.807) is 6.08 Å². The second-order valence-electron chi connectivity index (χ2n) is 27.1. The third-order valence-electron chi connectivity index (χ3n) is 18.6. The Hall–Kier alpha value is -1.86. The van der Waals surface area contributed by atoms with Crippen molar-refractivity contribution < 1.29 is 49.3 Å². The Bertz CT molecular complexity index is 1510. The number of ether oxygens (including phenoxy) is 3. The fourth-order valence-electron chi connectivity index (χ4n) is 12.5. The Morgan fingerprint density at radius 2 is 0.727 bits per heavy atom. The van der Waals surface area contributed by atoms with Crippen LogP contribution in [0.4, 0.5) is 0 Å². The minimum absolute atomic E-state index is 0.00921. The van der Waals surface area contributed by atoms with Crippen LogP contribution in [0.15, 0.2) is 24.3 Å². The molecule has 7 unspecified atom stereocenters. The lowest BCUT2D eigenvalue weighted by Crippen LogP contribution is -2.60. The van der Waals surface area contributed by atoms with Crippen LogP contribution in [0.1, 0.15) is 393 Å². The molecule has 0 aromatic carbocycles. The summed E-state index contributed by atoms with van der Waals surface area (Å²) in [7, 11) is 0. The SMILES string of the molecule is CCCCCCCCC/C=C\CCCCCCCC(=O)OCCCCCCCCCCCCCCCCCCCCCCCCCCCCCCCCCCCCCC(=O)NC(COC1OC(CO)C(O)C(O)C1O)C(O)/C=C/CCCCCCCCC. The highest BCUT2D eigenvalue weighted by atomic mass is 16.7. The van der Waals surface area contributed by atoms with Gasteiger partial charge in [-0.25, -0.2) is 0 Å². The standard InChI is InChI=1S/C77H147NO10/c1-3-5-7-9-11-13-14-15-16-39-42-45-49-53-57-61-65-73(82)86-66-62-58-54-50-46-43-40-37-35-33-31-29-27-25-23-21-19-17-18-20-22-24-26-28-30-32-34-36-38-41-44-48-52-56-60-64-72(81)78-69(70(80)63-59-55-51-47-12-10-8-6-4-2)68-87-77-76(85)75(84)74(83)71(67-79)88-77/h16,39,59,63,69-71,74-77,79-80,83-85H,3-15,17-38,40-58,60-62,64-68H2,1-2H3,(H,78,81)/b39-16-,63-59+. The highest BCUT2D eigenvalue weighted by Crippen LogP contribution is 2.24. The molecule has 0 aromatic rings. The quantitative estimate of drug-likeness (QED) is 0.0195. The Morgan fingerprint density at radius 1 is 0.409 bits per heavy atom. The first kappa shape index (κ1) is 84.2. The smallest absolute Gasteiger partial charge is 0.305 e. The van der Waals surface area contributed by atoms with Crippen molar-refractivity contribution >= 4 is 11.9 Å². The van der Waals surface area contributed by atoms with Crippen molar-refractivity contribution in [1.29, 1.82) is 0 Å². The molecule has 7 atom stereocenters. The van der Waals surface area contributed by atoms with E-state index in [0.717, 1.165) is 57.8 Å². The largest absolute Gasteiger partial charge is 0.466 e. The summed E-state index contributed by atoms with van der Waals surface area (Å²) in [5.74, 6) is -0.167. The van der Waals surface area contributed by atoms with Crippen molar-refractivity contribution in [2.45, 2.75) is 436 Å². The normalized spacial score (nSPS) is 17.8. The minimum atomic E-state index is -1.57. The van der Waals surface area contributed by atoms with Crippen LogP contribution in [0.2, 0.25) is 0 Å². The Labute approximate surface area is 543 Å². The number of carbonyl (C=O) groups excluding carboxylic acids is 2. The molecule has 1 saturated heterocycles. The van der Waals surface area contributed by atoms with Gasteiger partial charge >= 0.3 is 5.97 Å². The van der Waals surface area contributed by atoms with Gasteiger partial charge in [0.05, 0.1) is 32.0 Å². The van der Waals surface area contributed by atoms with Crippen molar-refractivity contribution in [3.63, 3.8) is 0 Å². The maximum Gasteiger partial charge on any atom is 0.305 e. The van der Waals surface area contributed by atoms with E-state index in [4.69, 9.17) is 14.2 Å². The predicted octanol–water partition coefficient (Wildman–Crippen LogP) is 20.4. The lowest BCUT2D eigenvalue weighted by Gasteiger charge is -2.40. The average molecular weight is 1250 g/mol. The van der Waals surface area contributed by atoms with E-state index < -0.39 is 49.5 Å². The summed E-state index contributed by atoms with van der Waals surface area (Å²) in [6, 6.07) is -0.804. The van der Waals surface area contributed by atoms with Crippen LogP contribution in [-0.2, 0) is 23.8 Å². The van der Waals surface area contributed by atoms with Crippen molar-refractivity contribution in [3.8, 4) is 0 Å². The van der Waals surface area contributed by atoms with Gasteiger partial charge in [-0.3, -0.25) is 9.59 Å². The molecule has 1 aliphatic rings. The average Bonchev–Trinajstić information content (AvgIpc) is 3.40. The van der Waals surface area contributed by atoms with Gasteiger partial charge in [0, 0.05) is 12.8 Å². The number of aliphatic hydroxyl groups excluding tert-OH is 5. The summed E-state index contributed by atoms with van der Waals surface area (Å²) >= 11 is 0. The fourth-order valence-corrected chi connectivity index (χ4v) is 12.5. The molecule has 0 spiro atoms. The Kier molecular flexibility index (Phi) is 63.7. The second kappa shape index (κ2) is 66.6. The van der Waals surface area contributed by atoms with E-state index in [9.17, 15) is 35.1 Å². The topological polar surface area (TPSA) is 175 Å². The molecule has 1 fully saturated rings. The van der Waals surface area contributed by atoms with Crippen LogP contribution in [-0.4, -0.2) is 100 Å². The van der Waals surface area contributed by atoms with Crippen LogP contribution in [0.5, 0.6) is 0 Å². The van der Waals surface area contributed by atoms with Gasteiger partial charge in [0.2, 0.25) is 5.91 Å². The Morgan fingerprint density at radius 3 is 1.09 bits per heavy atom. The molecule has 520 valence electrons. The number of carbonyl (C=O) groups is 2. The maximum absolute atomic E-state index is 13.0. The molecule has 6 N–H and O–H groups in total. The van der Waals surface area contributed by atoms with Gasteiger partial charge in [-0.2, -0.15) is 0 Å². The number of hydrogen-bond acceptors (Lipinski definition) is 10. The molecule has 1 heterocycles. The molecular formula is C77H147NO10. The number of nitrogens with one attached hydrogen (secondary N) is 1. The van der Waals surface area contributed by atoms with Crippen molar-refractivity contribution in [1.82, 2.24) is 5.32 Å². The van der Waals surface area contributed by atoms with Gasteiger partial charge in [-0.15, -0.1) is 0 Å². The lowest BCUT2D eigenvalue weighted by atomic mass is 9.99. The van der Waals surface area contributed by atoms with Gasteiger partial charge in [0.1, 0.15) is 24.4 Å². The summed E-state index contributed by atoms with van der Waals surface area (Å²) in [4.78, 5) is 25.1. The molecule has 1 aliphatic heterocycles. The zero-order valence-electron chi connectivity index (χ0n) is 58.0. The van der Waals surface area contributed by atoms with E-state index >= 15 is 0 Å². The second-order valence-corrected chi connectivity index (χ2v) is 27.1. The highest BCUT2D eigenvalue weighted by Gasteiger charge is 2.44. The molecule has 11 heteroatoms. The van der Waals surface area contributed by atoms with Crippen LogP contribution >= 0.6 is 0 Å². The summed E-state index contributed by atoms with van der Waals surface area (Å²) in [6.45, 7) is 4.36. The third-order valence-corrected chi connectivity index (χ3v) is 18.6. The number of hydrogen-bond donors (Lipinski definition) is 6. The molecule has 88 heavy (non-hydrogen) atoms. The van der Waals surface area contributed by atoms with Gasteiger partial charge < -0.3 is 45.1 Å². The van der Waals surface area contributed by atoms with E-state index in [1.807, 2.05) is 6.08 Å². The van der Waals surface area contributed by atoms with Crippen LogP contribution < -0.4 is 5.32 Å². The highest BCUT2D eigenvalue weighted by molar-refractivity contribution is 5.76. The fraction of sp³-hybridized carbons (Fsp3) is 0.922. The van der Waals surface area contributed by atoms with Crippen molar-refractivity contribution in [2.75, 3.05) is 19.8 Å². The third kappa shape index (κ3) is 54.7. The predicted molar refractivity (Wildman–Crippen MR) is 371 cm³/mol. The molecule has 0 aromatic heterocycles. The first-order chi connectivity index (χ1) is 43.2. The zero-order chi connectivity index (χ0) is 63.7. The zero-order valence-corrected chi connectivity index (χ0v) is 58.0. The molecule has 0 bridgehead atoms. The summed E-state index contributed by atoms with van der Waals surface area (Å²) in [5, 5.41) is 54.3. The number of esters is 1. The lowest BCUT2D eigenvalue weighted by molar-refractivity contribution is -0.302. The molecular weight excluding hydrogens is 1100 g/mol. The van der Waals surface area contributed by atoms with E-state index in [2.05, 4.69) is 31.3 Å². The first-order valence-electron chi connectivity index (χ1n) is 38.6. The van der Waals surface area contributed by atoms with Gasteiger partial charge in [0.25, 0.3) is 0 Å². The number of unbranched alkanes of at least 4 members (excludes halogenated alkanes) is 53. The van der Waals surface area contributed by atoms with E-state index in [-0.39, 0.29) is 18.5 Å². The summed E-state index contributed by atoms with van der Waals surface area (Å²) in [5.41, 5.74) is 0.